The lowest BCUT2D eigenvalue weighted by Crippen LogP contribution is -2.34. The SMILES string of the molecule is CCCNC(Cc1ccsc1)Cc1cc(C)nn1CC. The van der Waals surface area contributed by atoms with E-state index in [9.17, 15) is 0 Å². The molecule has 1 atom stereocenters. The summed E-state index contributed by atoms with van der Waals surface area (Å²) in [5.74, 6) is 0. The van der Waals surface area contributed by atoms with Gasteiger partial charge < -0.3 is 5.32 Å². The Kier molecular flexibility index (Phi) is 5.80. The lowest BCUT2D eigenvalue weighted by molar-refractivity contribution is 0.484. The van der Waals surface area contributed by atoms with E-state index in [0.717, 1.165) is 31.6 Å². The minimum atomic E-state index is 0.492. The number of aryl methyl sites for hydroxylation is 2. The van der Waals surface area contributed by atoms with E-state index in [2.05, 4.69) is 58.8 Å². The highest BCUT2D eigenvalue weighted by molar-refractivity contribution is 7.07. The van der Waals surface area contributed by atoms with E-state index < -0.39 is 0 Å². The Morgan fingerprint density at radius 2 is 2.20 bits per heavy atom. The fraction of sp³-hybridized carbons (Fsp3) is 0.562. The van der Waals surface area contributed by atoms with E-state index in [1.54, 1.807) is 11.3 Å². The van der Waals surface area contributed by atoms with Crippen molar-refractivity contribution >= 4 is 11.3 Å². The van der Waals surface area contributed by atoms with Crippen molar-refractivity contribution in [3.8, 4) is 0 Å². The zero-order valence-electron chi connectivity index (χ0n) is 12.7. The van der Waals surface area contributed by atoms with E-state index in [0.29, 0.717) is 6.04 Å². The molecule has 0 aromatic carbocycles. The molecule has 1 N–H and O–H groups in total. The van der Waals surface area contributed by atoms with E-state index >= 15 is 0 Å². The normalized spacial score (nSPS) is 12.8. The maximum absolute atomic E-state index is 4.55. The van der Waals surface area contributed by atoms with Crippen LogP contribution in [0.4, 0.5) is 0 Å². The molecule has 20 heavy (non-hydrogen) atoms. The quantitative estimate of drug-likeness (QED) is 0.807. The highest BCUT2D eigenvalue weighted by Gasteiger charge is 2.13. The molecular weight excluding hydrogens is 266 g/mol. The van der Waals surface area contributed by atoms with Gasteiger partial charge in [-0.25, -0.2) is 0 Å². The van der Waals surface area contributed by atoms with Gasteiger partial charge in [-0.05, 0) is 61.7 Å². The van der Waals surface area contributed by atoms with Crippen molar-refractivity contribution in [2.75, 3.05) is 6.54 Å². The molecule has 0 spiro atoms. The Morgan fingerprint density at radius 1 is 1.35 bits per heavy atom. The molecule has 0 fully saturated rings. The first-order chi connectivity index (χ1) is 9.72. The molecule has 110 valence electrons. The zero-order valence-corrected chi connectivity index (χ0v) is 13.5. The molecule has 2 rings (SSSR count). The van der Waals surface area contributed by atoms with Crippen molar-refractivity contribution in [2.45, 2.75) is 52.6 Å². The van der Waals surface area contributed by atoms with E-state index in [1.807, 2.05) is 0 Å². The minimum absolute atomic E-state index is 0.492. The third-order valence-electron chi connectivity index (χ3n) is 3.49. The van der Waals surface area contributed by atoms with Crippen molar-refractivity contribution in [1.29, 1.82) is 0 Å². The smallest absolute Gasteiger partial charge is 0.0596 e. The van der Waals surface area contributed by atoms with Crippen LogP contribution in [-0.2, 0) is 19.4 Å². The van der Waals surface area contributed by atoms with Crippen LogP contribution in [0.15, 0.2) is 22.9 Å². The molecular formula is C16H25N3S. The van der Waals surface area contributed by atoms with Crippen LogP contribution in [-0.4, -0.2) is 22.4 Å². The van der Waals surface area contributed by atoms with Crippen molar-refractivity contribution in [3.63, 3.8) is 0 Å². The van der Waals surface area contributed by atoms with Crippen LogP contribution >= 0.6 is 11.3 Å². The topological polar surface area (TPSA) is 29.9 Å². The summed E-state index contributed by atoms with van der Waals surface area (Å²) in [5, 5.41) is 12.6. The fourth-order valence-electron chi connectivity index (χ4n) is 2.55. The molecule has 2 aromatic rings. The number of thiophene rings is 1. The van der Waals surface area contributed by atoms with Gasteiger partial charge in [-0.2, -0.15) is 16.4 Å². The monoisotopic (exact) mass is 291 g/mol. The van der Waals surface area contributed by atoms with E-state index in [1.165, 1.54) is 17.7 Å². The summed E-state index contributed by atoms with van der Waals surface area (Å²) in [5.41, 5.74) is 3.89. The van der Waals surface area contributed by atoms with Crippen molar-refractivity contribution in [1.82, 2.24) is 15.1 Å². The number of hydrogen-bond donors (Lipinski definition) is 1. The molecule has 0 aliphatic carbocycles. The van der Waals surface area contributed by atoms with Crippen molar-refractivity contribution < 1.29 is 0 Å². The summed E-state index contributed by atoms with van der Waals surface area (Å²) in [6, 6.07) is 4.94. The summed E-state index contributed by atoms with van der Waals surface area (Å²) in [4.78, 5) is 0. The molecule has 0 bridgehead atoms. The van der Waals surface area contributed by atoms with Crippen LogP contribution in [0.5, 0.6) is 0 Å². The second kappa shape index (κ2) is 7.60. The van der Waals surface area contributed by atoms with Gasteiger partial charge in [0.2, 0.25) is 0 Å². The van der Waals surface area contributed by atoms with Gasteiger partial charge in [-0.3, -0.25) is 4.68 Å². The molecule has 2 aromatic heterocycles. The Labute approximate surface area is 126 Å². The molecule has 4 heteroatoms. The van der Waals surface area contributed by atoms with E-state index in [4.69, 9.17) is 0 Å². The average molecular weight is 291 g/mol. The highest BCUT2D eigenvalue weighted by atomic mass is 32.1. The largest absolute Gasteiger partial charge is 0.313 e. The number of hydrogen-bond acceptors (Lipinski definition) is 3. The number of rotatable bonds is 8. The number of nitrogens with zero attached hydrogens (tertiary/aromatic N) is 2. The van der Waals surface area contributed by atoms with Crippen LogP contribution in [0, 0.1) is 6.92 Å². The summed E-state index contributed by atoms with van der Waals surface area (Å²) in [6.07, 6.45) is 3.31. The van der Waals surface area contributed by atoms with Crippen LogP contribution in [0.1, 0.15) is 37.2 Å². The number of aromatic nitrogens is 2. The van der Waals surface area contributed by atoms with Gasteiger partial charge in [0.15, 0.2) is 0 Å². The maximum Gasteiger partial charge on any atom is 0.0596 e. The molecule has 0 saturated carbocycles. The second-order valence-corrected chi connectivity index (χ2v) is 6.06. The predicted octanol–water partition coefficient (Wildman–Crippen LogP) is 3.43. The van der Waals surface area contributed by atoms with Gasteiger partial charge in [0, 0.05) is 24.7 Å². The maximum atomic E-state index is 4.55. The Balaban J connectivity index is 2.05. The molecule has 1 unspecified atom stereocenters. The van der Waals surface area contributed by atoms with Gasteiger partial charge in [-0.1, -0.05) is 6.92 Å². The first kappa shape index (κ1) is 15.3. The summed E-state index contributed by atoms with van der Waals surface area (Å²) < 4.78 is 2.13. The molecule has 0 aliphatic rings. The highest BCUT2D eigenvalue weighted by Crippen LogP contribution is 2.13. The van der Waals surface area contributed by atoms with Crippen molar-refractivity contribution in [2.24, 2.45) is 0 Å². The Bertz CT molecular complexity index is 502. The van der Waals surface area contributed by atoms with Gasteiger partial charge in [0.25, 0.3) is 0 Å². The third-order valence-corrected chi connectivity index (χ3v) is 4.22. The van der Waals surface area contributed by atoms with Crippen molar-refractivity contribution in [3.05, 3.63) is 39.8 Å². The van der Waals surface area contributed by atoms with Crippen LogP contribution in [0.3, 0.4) is 0 Å². The third kappa shape index (κ3) is 4.18. The van der Waals surface area contributed by atoms with Crippen LogP contribution < -0.4 is 5.32 Å². The molecule has 0 radical (unpaired) electrons. The predicted molar refractivity (Wildman–Crippen MR) is 86.4 cm³/mol. The molecule has 0 amide bonds. The minimum Gasteiger partial charge on any atom is -0.313 e. The van der Waals surface area contributed by atoms with Gasteiger partial charge in [-0.15, -0.1) is 0 Å². The fourth-order valence-corrected chi connectivity index (χ4v) is 3.23. The lowest BCUT2D eigenvalue weighted by Gasteiger charge is -2.18. The first-order valence-corrected chi connectivity index (χ1v) is 8.45. The summed E-state index contributed by atoms with van der Waals surface area (Å²) >= 11 is 1.78. The molecule has 0 saturated heterocycles. The summed E-state index contributed by atoms with van der Waals surface area (Å²) in [6.45, 7) is 8.47. The van der Waals surface area contributed by atoms with Gasteiger partial charge in [0.05, 0.1) is 5.69 Å². The van der Waals surface area contributed by atoms with Gasteiger partial charge >= 0.3 is 0 Å². The van der Waals surface area contributed by atoms with Gasteiger partial charge in [0.1, 0.15) is 0 Å². The average Bonchev–Trinajstić information content (AvgIpc) is 3.05. The standard InChI is InChI=1S/C16H25N3S/c1-4-7-17-15(10-14-6-8-20-12-14)11-16-9-13(3)18-19(16)5-2/h6,8-9,12,15,17H,4-5,7,10-11H2,1-3H3. The Hall–Kier alpha value is -1.13. The Morgan fingerprint density at radius 3 is 2.85 bits per heavy atom. The second-order valence-electron chi connectivity index (χ2n) is 5.28. The molecule has 3 nitrogen and oxygen atoms in total. The van der Waals surface area contributed by atoms with Crippen LogP contribution in [0.25, 0.3) is 0 Å². The van der Waals surface area contributed by atoms with E-state index in [-0.39, 0.29) is 0 Å². The van der Waals surface area contributed by atoms with Crippen LogP contribution in [0.2, 0.25) is 0 Å². The number of nitrogens with one attached hydrogen (secondary N) is 1. The lowest BCUT2D eigenvalue weighted by atomic mass is 10.0. The molecule has 2 heterocycles. The first-order valence-electron chi connectivity index (χ1n) is 7.50. The zero-order chi connectivity index (χ0) is 14.4. The molecule has 0 aliphatic heterocycles. The summed E-state index contributed by atoms with van der Waals surface area (Å²) in [7, 11) is 0.